The molecule has 0 bridgehead atoms. The number of hydrogen-bond donors (Lipinski definition) is 2. The summed E-state index contributed by atoms with van der Waals surface area (Å²) in [6.45, 7) is 7.45. The molecule has 0 saturated heterocycles. The maximum absolute atomic E-state index is 11.9. The topological polar surface area (TPSA) is 55.1 Å². The van der Waals surface area contributed by atoms with E-state index in [9.17, 15) is 4.79 Å². The summed E-state index contributed by atoms with van der Waals surface area (Å²) >= 11 is 0. The van der Waals surface area contributed by atoms with Gasteiger partial charge in [-0.25, -0.2) is 0 Å². The summed E-state index contributed by atoms with van der Waals surface area (Å²) in [4.78, 5) is 11.9. The maximum Gasteiger partial charge on any atom is 0.237 e. The van der Waals surface area contributed by atoms with E-state index in [4.69, 9.17) is 5.73 Å². The second-order valence-corrected chi connectivity index (χ2v) is 6.31. The Balaban J connectivity index is 2.64. The summed E-state index contributed by atoms with van der Waals surface area (Å²) in [6, 6.07) is 0. The molecule has 2 unspecified atom stereocenters. The molecule has 0 aromatic heterocycles. The SMILES string of the molecule is CCCC1CCCC(NCC(C)C)(C(N)=O)CC1. The number of nitrogens with two attached hydrogens (primary N) is 1. The van der Waals surface area contributed by atoms with Gasteiger partial charge in [0.2, 0.25) is 5.91 Å². The summed E-state index contributed by atoms with van der Waals surface area (Å²) in [5, 5.41) is 3.46. The van der Waals surface area contributed by atoms with Crippen LogP contribution in [0.3, 0.4) is 0 Å². The minimum atomic E-state index is -0.438. The van der Waals surface area contributed by atoms with Crippen molar-refractivity contribution in [2.45, 2.75) is 71.3 Å². The Morgan fingerprint density at radius 1 is 1.39 bits per heavy atom. The van der Waals surface area contributed by atoms with E-state index < -0.39 is 5.54 Å². The number of carbonyl (C=O) groups excluding carboxylic acids is 1. The molecule has 3 N–H and O–H groups in total. The molecule has 1 fully saturated rings. The van der Waals surface area contributed by atoms with E-state index in [2.05, 4.69) is 26.1 Å². The number of rotatable bonds is 6. The fraction of sp³-hybridized carbons (Fsp3) is 0.933. The Hall–Kier alpha value is -0.570. The van der Waals surface area contributed by atoms with Crippen molar-refractivity contribution in [3.8, 4) is 0 Å². The van der Waals surface area contributed by atoms with Crippen LogP contribution < -0.4 is 11.1 Å². The highest BCUT2D eigenvalue weighted by atomic mass is 16.1. The number of carbonyl (C=O) groups is 1. The molecule has 1 saturated carbocycles. The Bertz CT molecular complexity index is 265. The molecule has 1 amide bonds. The first-order valence-corrected chi connectivity index (χ1v) is 7.55. The molecule has 0 aromatic carbocycles. The second kappa shape index (κ2) is 7.13. The van der Waals surface area contributed by atoms with E-state index in [1.165, 1.54) is 19.3 Å². The van der Waals surface area contributed by atoms with E-state index in [-0.39, 0.29) is 5.91 Å². The van der Waals surface area contributed by atoms with Crippen LogP contribution in [-0.2, 0) is 4.79 Å². The van der Waals surface area contributed by atoms with Gasteiger partial charge in [0.1, 0.15) is 0 Å². The summed E-state index contributed by atoms with van der Waals surface area (Å²) in [5.41, 5.74) is 5.24. The Labute approximate surface area is 112 Å². The molecule has 1 aliphatic rings. The van der Waals surface area contributed by atoms with Crippen LogP contribution in [0.15, 0.2) is 0 Å². The van der Waals surface area contributed by atoms with Gasteiger partial charge in [-0.2, -0.15) is 0 Å². The van der Waals surface area contributed by atoms with E-state index in [1.807, 2.05) is 0 Å². The molecule has 0 heterocycles. The molecule has 18 heavy (non-hydrogen) atoms. The number of hydrogen-bond acceptors (Lipinski definition) is 2. The molecule has 2 atom stereocenters. The molecule has 1 rings (SSSR count). The zero-order valence-electron chi connectivity index (χ0n) is 12.3. The van der Waals surface area contributed by atoms with Crippen LogP contribution in [0.2, 0.25) is 0 Å². The first-order chi connectivity index (χ1) is 8.50. The molecule has 0 aromatic rings. The molecule has 3 nitrogen and oxygen atoms in total. The van der Waals surface area contributed by atoms with Gasteiger partial charge in [-0.1, -0.05) is 46.5 Å². The number of amides is 1. The van der Waals surface area contributed by atoms with Crippen LogP contribution in [0, 0.1) is 11.8 Å². The van der Waals surface area contributed by atoms with Crippen molar-refractivity contribution in [3.63, 3.8) is 0 Å². The summed E-state index contributed by atoms with van der Waals surface area (Å²) < 4.78 is 0. The normalized spacial score (nSPS) is 29.2. The standard InChI is InChI=1S/C15H30N2O/c1-4-6-13-7-5-9-15(10-8-13,14(16)18)17-11-12(2)3/h12-13,17H,4-11H2,1-3H3,(H2,16,18). The van der Waals surface area contributed by atoms with Gasteiger partial charge < -0.3 is 11.1 Å². The van der Waals surface area contributed by atoms with Crippen molar-refractivity contribution in [1.82, 2.24) is 5.32 Å². The van der Waals surface area contributed by atoms with Crippen molar-refractivity contribution in [1.29, 1.82) is 0 Å². The molecule has 3 heteroatoms. The average Bonchev–Trinajstić information content (AvgIpc) is 2.51. The van der Waals surface area contributed by atoms with Crippen molar-refractivity contribution in [2.24, 2.45) is 17.6 Å². The van der Waals surface area contributed by atoms with Gasteiger partial charge in [0.15, 0.2) is 0 Å². The lowest BCUT2D eigenvalue weighted by atomic mass is 9.87. The highest BCUT2D eigenvalue weighted by Gasteiger charge is 2.37. The van der Waals surface area contributed by atoms with Crippen LogP contribution >= 0.6 is 0 Å². The highest BCUT2D eigenvalue weighted by molar-refractivity contribution is 5.84. The fourth-order valence-corrected chi connectivity index (χ4v) is 3.02. The number of nitrogens with one attached hydrogen (secondary N) is 1. The third kappa shape index (κ3) is 4.27. The lowest BCUT2D eigenvalue weighted by Crippen LogP contribution is -2.56. The quantitative estimate of drug-likeness (QED) is 0.716. The van der Waals surface area contributed by atoms with Crippen molar-refractivity contribution in [2.75, 3.05) is 6.54 Å². The van der Waals surface area contributed by atoms with Gasteiger partial charge in [-0.3, -0.25) is 4.79 Å². The lowest BCUT2D eigenvalue weighted by Gasteiger charge is -2.31. The van der Waals surface area contributed by atoms with Gasteiger partial charge in [0.05, 0.1) is 5.54 Å². The summed E-state index contributed by atoms with van der Waals surface area (Å²) in [5.74, 6) is 1.19. The minimum Gasteiger partial charge on any atom is -0.368 e. The Morgan fingerprint density at radius 2 is 2.11 bits per heavy atom. The van der Waals surface area contributed by atoms with Gasteiger partial charge in [-0.05, 0) is 37.6 Å². The van der Waals surface area contributed by atoms with E-state index in [0.717, 1.165) is 38.1 Å². The van der Waals surface area contributed by atoms with E-state index >= 15 is 0 Å². The van der Waals surface area contributed by atoms with Crippen LogP contribution in [0.4, 0.5) is 0 Å². The molecule has 1 aliphatic carbocycles. The minimum absolute atomic E-state index is 0.153. The molecule has 0 aliphatic heterocycles. The predicted octanol–water partition coefficient (Wildman–Crippen LogP) is 2.84. The third-order valence-corrected chi connectivity index (χ3v) is 4.21. The van der Waals surface area contributed by atoms with Gasteiger partial charge in [0, 0.05) is 0 Å². The Morgan fingerprint density at radius 3 is 2.67 bits per heavy atom. The molecular formula is C15H30N2O. The first kappa shape index (κ1) is 15.5. The average molecular weight is 254 g/mol. The van der Waals surface area contributed by atoms with E-state index in [0.29, 0.717) is 5.92 Å². The molecule has 106 valence electrons. The maximum atomic E-state index is 11.9. The predicted molar refractivity (Wildman–Crippen MR) is 76.2 cm³/mol. The largest absolute Gasteiger partial charge is 0.368 e. The molecule has 0 radical (unpaired) electrons. The van der Waals surface area contributed by atoms with Gasteiger partial charge in [0.25, 0.3) is 0 Å². The van der Waals surface area contributed by atoms with Crippen LogP contribution in [0.1, 0.15) is 65.7 Å². The molecule has 0 spiro atoms. The van der Waals surface area contributed by atoms with Crippen molar-refractivity contribution in [3.05, 3.63) is 0 Å². The zero-order valence-corrected chi connectivity index (χ0v) is 12.3. The smallest absolute Gasteiger partial charge is 0.237 e. The first-order valence-electron chi connectivity index (χ1n) is 7.55. The van der Waals surface area contributed by atoms with Gasteiger partial charge in [-0.15, -0.1) is 0 Å². The van der Waals surface area contributed by atoms with Crippen LogP contribution in [0.25, 0.3) is 0 Å². The lowest BCUT2D eigenvalue weighted by molar-refractivity contribution is -0.125. The monoisotopic (exact) mass is 254 g/mol. The van der Waals surface area contributed by atoms with Crippen LogP contribution in [0.5, 0.6) is 0 Å². The zero-order chi connectivity index (χ0) is 13.6. The summed E-state index contributed by atoms with van der Waals surface area (Å²) in [7, 11) is 0. The third-order valence-electron chi connectivity index (χ3n) is 4.21. The Kier molecular flexibility index (Phi) is 6.13. The molecular weight excluding hydrogens is 224 g/mol. The fourth-order valence-electron chi connectivity index (χ4n) is 3.02. The van der Waals surface area contributed by atoms with Gasteiger partial charge >= 0.3 is 0 Å². The highest BCUT2D eigenvalue weighted by Crippen LogP contribution is 2.32. The van der Waals surface area contributed by atoms with E-state index in [1.54, 1.807) is 0 Å². The second-order valence-electron chi connectivity index (χ2n) is 6.31. The summed E-state index contributed by atoms with van der Waals surface area (Å²) in [6.07, 6.45) is 7.88. The number of primary amides is 1. The van der Waals surface area contributed by atoms with Crippen molar-refractivity contribution >= 4 is 5.91 Å². The van der Waals surface area contributed by atoms with Crippen molar-refractivity contribution < 1.29 is 4.79 Å². The van der Waals surface area contributed by atoms with Crippen LogP contribution in [-0.4, -0.2) is 18.0 Å².